The molecular weight excluding hydrogens is 190 g/mol. The summed E-state index contributed by atoms with van der Waals surface area (Å²) in [6, 6.07) is 5.43. The van der Waals surface area contributed by atoms with Crippen molar-refractivity contribution in [1.29, 1.82) is 0 Å². The second-order valence-electron chi connectivity index (χ2n) is 3.50. The number of aryl methyl sites for hydroxylation is 2. The first-order valence-corrected chi connectivity index (χ1v) is 4.69. The SMILES string of the molecule is Cc1cnc(-c2ccc(C=O)o2)c(C)c1. The van der Waals surface area contributed by atoms with Crippen molar-refractivity contribution in [1.82, 2.24) is 4.98 Å². The van der Waals surface area contributed by atoms with Gasteiger partial charge in [-0.25, -0.2) is 0 Å². The zero-order chi connectivity index (χ0) is 10.8. The molecule has 2 aromatic rings. The van der Waals surface area contributed by atoms with Crippen LogP contribution in [0.4, 0.5) is 0 Å². The lowest BCUT2D eigenvalue weighted by atomic mass is 10.1. The van der Waals surface area contributed by atoms with E-state index in [1.807, 2.05) is 19.9 Å². The van der Waals surface area contributed by atoms with Crippen LogP contribution in [0.1, 0.15) is 21.7 Å². The van der Waals surface area contributed by atoms with Crippen LogP contribution in [0.5, 0.6) is 0 Å². The fourth-order valence-corrected chi connectivity index (χ4v) is 1.52. The molecule has 0 spiro atoms. The number of aromatic nitrogens is 1. The van der Waals surface area contributed by atoms with Crippen LogP contribution in [0.25, 0.3) is 11.5 Å². The average Bonchev–Trinajstić information content (AvgIpc) is 2.66. The summed E-state index contributed by atoms with van der Waals surface area (Å²) >= 11 is 0. The molecule has 2 rings (SSSR count). The predicted molar refractivity (Wildman–Crippen MR) is 56.8 cm³/mol. The van der Waals surface area contributed by atoms with Crippen molar-refractivity contribution in [3.05, 3.63) is 41.3 Å². The Balaban J connectivity index is 2.49. The molecule has 0 aliphatic carbocycles. The minimum Gasteiger partial charge on any atom is -0.452 e. The molecule has 0 unspecified atom stereocenters. The van der Waals surface area contributed by atoms with Gasteiger partial charge >= 0.3 is 0 Å². The van der Waals surface area contributed by atoms with Gasteiger partial charge in [0.25, 0.3) is 0 Å². The fourth-order valence-electron chi connectivity index (χ4n) is 1.52. The van der Waals surface area contributed by atoms with Crippen molar-refractivity contribution in [2.24, 2.45) is 0 Å². The molecule has 0 fully saturated rings. The molecule has 2 heterocycles. The molecule has 0 atom stereocenters. The second kappa shape index (κ2) is 3.69. The lowest BCUT2D eigenvalue weighted by Crippen LogP contribution is -1.87. The maximum absolute atomic E-state index is 10.5. The largest absolute Gasteiger partial charge is 0.452 e. The topological polar surface area (TPSA) is 43.1 Å². The van der Waals surface area contributed by atoms with Crippen LogP contribution < -0.4 is 0 Å². The Labute approximate surface area is 87.8 Å². The molecule has 0 saturated carbocycles. The number of furan rings is 1. The molecule has 0 saturated heterocycles. The van der Waals surface area contributed by atoms with Crippen molar-refractivity contribution >= 4 is 6.29 Å². The number of carbonyl (C=O) groups excluding carboxylic acids is 1. The van der Waals surface area contributed by atoms with Gasteiger partial charge in [-0.05, 0) is 37.1 Å². The first-order chi connectivity index (χ1) is 7.20. The number of hydrogen-bond donors (Lipinski definition) is 0. The highest BCUT2D eigenvalue weighted by Crippen LogP contribution is 2.23. The van der Waals surface area contributed by atoms with Gasteiger partial charge in [0.1, 0.15) is 5.69 Å². The molecule has 15 heavy (non-hydrogen) atoms. The molecule has 3 heteroatoms. The van der Waals surface area contributed by atoms with Crippen molar-refractivity contribution < 1.29 is 9.21 Å². The van der Waals surface area contributed by atoms with E-state index in [0.717, 1.165) is 16.8 Å². The lowest BCUT2D eigenvalue weighted by molar-refractivity contribution is 0.110. The summed E-state index contributed by atoms with van der Waals surface area (Å²) in [7, 11) is 0. The monoisotopic (exact) mass is 201 g/mol. The van der Waals surface area contributed by atoms with Gasteiger partial charge in [-0.2, -0.15) is 0 Å². The van der Waals surface area contributed by atoms with Crippen LogP contribution in [0.15, 0.2) is 28.8 Å². The summed E-state index contributed by atoms with van der Waals surface area (Å²) in [5.74, 6) is 0.960. The second-order valence-corrected chi connectivity index (χ2v) is 3.50. The zero-order valence-electron chi connectivity index (χ0n) is 8.65. The molecular formula is C12H11NO2. The number of hydrogen-bond acceptors (Lipinski definition) is 3. The van der Waals surface area contributed by atoms with Crippen LogP contribution in [-0.2, 0) is 0 Å². The number of pyridine rings is 1. The van der Waals surface area contributed by atoms with Crippen molar-refractivity contribution in [3.8, 4) is 11.5 Å². The predicted octanol–water partition coefficient (Wildman–Crippen LogP) is 2.77. The summed E-state index contributed by atoms with van der Waals surface area (Å²) in [5, 5.41) is 0. The maximum atomic E-state index is 10.5. The molecule has 0 aromatic carbocycles. The average molecular weight is 201 g/mol. The van der Waals surface area contributed by atoms with Gasteiger partial charge in [0.2, 0.25) is 0 Å². The molecule has 0 radical (unpaired) electrons. The van der Waals surface area contributed by atoms with E-state index < -0.39 is 0 Å². The Bertz CT molecular complexity index is 500. The molecule has 2 aromatic heterocycles. The third kappa shape index (κ3) is 1.81. The van der Waals surface area contributed by atoms with E-state index in [-0.39, 0.29) is 0 Å². The molecule has 0 amide bonds. The molecule has 3 nitrogen and oxygen atoms in total. The van der Waals surface area contributed by atoms with Gasteiger partial charge in [0, 0.05) is 6.20 Å². The van der Waals surface area contributed by atoms with E-state index in [1.165, 1.54) is 0 Å². The van der Waals surface area contributed by atoms with Gasteiger partial charge < -0.3 is 4.42 Å². The molecule has 76 valence electrons. The Morgan fingerprint density at radius 2 is 2.13 bits per heavy atom. The fraction of sp³-hybridized carbons (Fsp3) is 0.167. The minimum absolute atomic E-state index is 0.326. The van der Waals surface area contributed by atoms with Crippen LogP contribution in [0.2, 0.25) is 0 Å². The first-order valence-electron chi connectivity index (χ1n) is 4.69. The van der Waals surface area contributed by atoms with E-state index >= 15 is 0 Å². The number of rotatable bonds is 2. The van der Waals surface area contributed by atoms with Gasteiger partial charge in [-0.3, -0.25) is 9.78 Å². The highest BCUT2D eigenvalue weighted by molar-refractivity contribution is 5.72. The Kier molecular flexibility index (Phi) is 2.37. The summed E-state index contributed by atoms with van der Waals surface area (Å²) in [6.07, 6.45) is 2.47. The maximum Gasteiger partial charge on any atom is 0.185 e. The van der Waals surface area contributed by atoms with E-state index in [2.05, 4.69) is 4.98 Å². The van der Waals surface area contributed by atoms with Crippen molar-refractivity contribution in [3.63, 3.8) is 0 Å². The lowest BCUT2D eigenvalue weighted by Gasteiger charge is -2.01. The summed E-state index contributed by atoms with van der Waals surface area (Å²) in [5.41, 5.74) is 2.94. The Hall–Kier alpha value is -1.90. The van der Waals surface area contributed by atoms with E-state index in [4.69, 9.17) is 4.42 Å². The van der Waals surface area contributed by atoms with E-state index in [0.29, 0.717) is 17.8 Å². The molecule has 0 aliphatic rings. The van der Waals surface area contributed by atoms with E-state index in [1.54, 1.807) is 18.3 Å². The van der Waals surface area contributed by atoms with Crippen LogP contribution in [0, 0.1) is 13.8 Å². The molecule has 0 N–H and O–H groups in total. The highest BCUT2D eigenvalue weighted by Gasteiger charge is 2.08. The Morgan fingerprint density at radius 3 is 2.73 bits per heavy atom. The summed E-state index contributed by atoms with van der Waals surface area (Å²) < 4.78 is 5.31. The van der Waals surface area contributed by atoms with Gasteiger partial charge in [0.05, 0.1) is 0 Å². The number of carbonyl (C=O) groups is 1. The quantitative estimate of drug-likeness (QED) is 0.701. The van der Waals surface area contributed by atoms with Gasteiger partial charge in [0.15, 0.2) is 17.8 Å². The normalized spacial score (nSPS) is 10.3. The summed E-state index contributed by atoms with van der Waals surface area (Å²) in [6.45, 7) is 3.96. The van der Waals surface area contributed by atoms with Gasteiger partial charge in [-0.15, -0.1) is 0 Å². The first kappa shape index (κ1) is 9.65. The zero-order valence-corrected chi connectivity index (χ0v) is 8.65. The van der Waals surface area contributed by atoms with Crippen LogP contribution in [-0.4, -0.2) is 11.3 Å². The van der Waals surface area contributed by atoms with Crippen LogP contribution >= 0.6 is 0 Å². The van der Waals surface area contributed by atoms with Gasteiger partial charge in [-0.1, -0.05) is 6.07 Å². The third-order valence-electron chi connectivity index (χ3n) is 2.19. The molecule has 0 bridgehead atoms. The standard InChI is InChI=1S/C12H11NO2/c1-8-5-9(2)12(13-6-8)11-4-3-10(7-14)15-11/h3-7H,1-2H3. The van der Waals surface area contributed by atoms with Crippen molar-refractivity contribution in [2.75, 3.05) is 0 Å². The van der Waals surface area contributed by atoms with Crippen molar-refractivity contribution in [2.45, 2.75) is 13.8 Å². The van der Waals surface area contributed by atoms with Crippen LogP contribution in [0.3, 0.4) is 0 Å². The van der Waals surface area contributed by atoms with E-state index in [9.17, 15) is 4.79 Å². The number of nitrogens with zero attached hydrogens (tertiary/aromatic N) is 1. The third-order valence-corrected chi connectivity index (χ3v) is 2.19. The Morgan fingerprint density at radius 1 is 1.33 bits per heavy atom. The smallest absolute Gasteiger partial charge is 0.185 e. The minimum atomic E-state index is 0.326. The molecule has 0 aliphatic heterocycles. The summed E-state index contributed by atoms with van der Waals surface area (Å²) in [4.78, 5) is 14.8. The number of aldehydes is 1. The highest BCUT2D eigenvalue weighted by atomic mass is 16.3.